The Bertz CT molecular complexity index is 412. The molecule has 1 amide bonds. The summed E-state index contributed by atoms with van der Waals surface area (Å²) in [5, 5.41) is 6.91. The molecular weight excluding hydrogens is 230 g/mol. The molecule has 1 aromatic rings. The Morgan fingerprint density at radius 3 is 2.72 bits per heavy atom. The summed E-state index contributed by atoms with van der Waals surface area (Å²) in [5.41, 5.74) is 0.528. The Labute approximate surface area is 108 Å². The quantitative estimate of drug-likeness (QED) is 0.595. The Balaban J connectivity index is 2.49. The fourth-order valence-corrected chi connectivity index (χ4v) is 1.59. The van der Waals surface area contributed by atoms with Crippen molar-refractivity contribution in [3.8, 4) is 0 Å². The van der Waals surface area contributed by atoms with Crippen LogP contribution in [0.1, 0.15) is 56.4 Å². The van der Waals surface area contributed by atoms with Crippen LogP contribution in [0.4, 0.5) is 0 Å². The van der Waals surface area contributed by atoms with E-state index in [2.05, 4.69) is 17.3 Å². The van der Waals surface area contributed by atoms with Crippen molar-refractivity contribution in [3.63, 3.8) is 0 Å². The van der Waals surface area contributed by atoms with Gasteiger partial charge in [-0.2, -0.15) is 5.10 Å². The van der Waals surface area contributed by atoms with Gasteiger partial charge < -0.3 is 5.32 Å². The molecule has 5 nitrogen and oxygen atoms in total. The fourth-order valence-electron chi connectivity index (χ4n) is 1.59. The van der Waals surface area contributed by atoms with E-state index in [0.29, 0.717) is 12.1 Å². The zero-order valence-corrected chi connectivity index (χ0v) is 11.3. The van der Waals surface area contributed by atoms with E-state index in [1.54, 1.807) is 13.1 Å². The molecule has 1 atom stereocenters. The van der Waals surface area contributed by atoms with Gasteiger partial charge in [0.1, 0.15) is 6.04 Å². The summed E-state index contributed by atoms with van der Waals surface area (Å²) in [6.07, 6.45) is 6.34. The van der Waals surface area contributed by atoms with Crippen molar-refractivity contribution in [3.05, 3.63) is 18.0 Å². The highest BCUT2D eigenvalue weighted by molar-refractivity contribution is 5.93. The van der Waals surface area contributed by atoms with Gasteiger partial charge in [-0.05, 0) is 20.3 Å². The first kappa shape index (κ1) is 14.4. The van der Waals surface area contributed by atoms with E-state index in [1.165, 1.54) is 17.8 Å². The molecule has 0 saturated heterocycles. The van der Waals surface area contributed by atoms with Crippen molar-refractivity contribution in [2.45, 2.75) is 46.1 Å². The molecule has 0 aromatic carbocycles. The lowest BCUT2D eigenvalue weighted by molar-refractivity contribution is -0.124. The maximum Gasteiger partial charge on any atom is 0.244 e. The van der Waals surface area contributed by atoms with Crippen molar-refractivity contribution in [2.75, 3.05) is 6.54 Å². The Morgan fingerprint density at radius 1 is 1.44 bits per heavy atom. The summed E-state index contributed by atoms with van der Waals surface area (Å²) >= 11 is 0. The van der Waals surface area contributed by atoms with Crippen molar-refractivity contribution >= 4 is 11.7 Å². The van der Waals surface area contributed by atoms with Crippen LogP contribution >= 0.6 is 0 Å². The SMILES string of the molecule is CCCCCNC(=O)C(C)n1cc(C(C)=O)cn1. The Morgan fingerprint density at radius 2 is 2.17 bits per heavy atom. The van der Waals surface area contributed by atoms with E-state index in [4.69, 9.17) is 0 Å². The fraction of sp³-hybridized carbons (Fsp3) is 0.615. The van der Waals surface area contributed by atoms with Crippen LogP contribution in [-0.2, 0) is 4.79 Å². The number of nitrogens with one attached hydrogen (secondary N) is 1. The van der Waals surface area contributed by atoms with E-state index in [0.717, 1.165) is 19.3 Å². The molecular formula is C13H21N3O2. The smallest absolute Gasteiger partial charge is 0.244 e. The van der Waals surface area contributed by atoms with Crippen molar-refractivity contribution < 1.29 is 9.59 Å². The summed E-state index contributed by atoms with van der Waals surface area (Å²) in [7, 11) is 0. The first-order valence-electron chi connectivity index (χ1n) is 6.39. The van der Waals surface area contributed by atoms with Gasteiger partial charge in [0.15, 0.2) is 5.78 Å². The lowest BCUT2D eigenvalue weighted by Crippen LogP contribution is -2.31. The van der Waals surface area contributed by atoms with Gasteiger partial charge in [-0.25, -0.2) is 0 Å². The number of unbranched alkanes of at least 4 members (excludes halogenated alkanes) is 2. The lowest BCUT2D eigenvalue weighted by atomic mass is 10.2. The maximum absolute atomic E-state index is 11.8. The molecule has 1 N–H and O–H groups in total. The van der Waals surface area contributed by atoms with Crippen molar-refractivity contribution in [2.24, 2.45) is 0 Å². The second-order valence-electron chi connectivity index (χ2n) is 4.44. The highest BCUT2D eigenvalue weighted by Crippen LogP contribution is 2.07. The van der Waals surface area contributed by atoms with Gasteiger partial charge in [0, 0.05) is 12.7 Å². The highest BCUT2D eigenvalue weighted by atomic mass is 16.2. The van der Waals surface area contributed by atoms with Gasteiger partial charge in [0.25, 0.3) is 0 Å². The molecule has 0 fully saturated rings. The number of hydrogen-bond donors (Lipinski definition) is 1. The second-order valence-corrected chi connectivity index (χ2v) is 4.44. The Kier molecular flexibility index (Phi) is 5.55. The number of carbonyl (C=O) groups is 2. The van der Waals surface area contributed by atoms with Gasteiger partial charge in [-0.1, -0.05) is 19.8 Å². The number of Topliss-reactive ketones (excluding diaryl/α,β-unsaturated/α-hetero) is 1. The van der Waals surface area contributed by atoms with Crippen LogP contribution < -0.4 is 5.32 Å². The first-order valence-corrected chi connectivity index (χ1v) is 6.39. The molecule has 0 saturated carbocycles. The van der Waals surface area contributed by atoms with E-state index in [1.807, 2.05) is 0 Å². The molecule has 1 aromatic heterocycles. The van der Waals surface area contributed by atoms with Gasteiger partial charge in [0.2, 0.25) is 5.91 Å². The number of ketones is 1. The largest absolute Gasteiger partial charge is 0.354 e. The monoisotopic (exact) mass is 251 g/mol. The van der Waals surface area contributed by atoms with Crippen LogP contribution in [0.25, 0.3) is 0 Å². The summed E-state index contributed by atoms with van der Waals surface area (Å²) in [5.74, 6) is -0.110. The number of nitrogens with zero attached hydrogens (tertiary/aromatic N) is 2. The van der Waals surface area contributed by atoms with Crippen LogP contribution in [0.2, 0.25) is 0 Å². The molecule has 18 heavy (non-hydrogen) atoms. The standard InChI is InChI=1S/C13H21N3O2/c1-4-5-6-7-14-13(18)10(2)16-9-12(8-15-16)11(3)17/h8-10H,4-7H2,1-3H3,(H,14,18). The second kappa shape index (κ2) is 6.93. The average Bonchev–Trinajstić information content (AvgIpc) is 2.83. The van der Waals surface area contributed by atoms with Crippen LogP contribution in [0.5, 0.6) is 0 Å². The third-order valence-corrected chi connectivity index (χ3v) is 2.86. The third-order valence-electron chi connectivity index (χ3n) is 2.86. The molecule has 0 radical (unpaired) electrons. The number of hydrogen-bond acceptors (Lipinski definition) is 3. The molecule has 5 heteroatoms. The molecule has 0 aliphatic carbocycles. The van der Waals surface area contributed by atoms with Crippen LogP contribution in [-0.4, -0.2) is 28.0 Å². The lowest BCUT2D eigenvalue weighted by Gasteiger charge is -2.12. The summed E-state index contributed by atoms with van der Waals surface area (Å²) < 4.78 is 1.52. The van der Waals surface area contributed by atoms with E-state index >= 15 is 0 Å². The van der Waals surface area contributed by atoms with Crippen molar-refractivity contribution in [1.29, 1.82) is 0 Å². The minimum Gasteiger partial charge on any atom is -0.354 e. The normalized spacial score (nSPS) is 12.2. The zero-order chi connectivity index (χ0) is 13.5. The number of rotatable bonds is 7. The average molecular weight is 251 g/mol. The van der Waals surface area contributed by atoms with E-state index < -0.39 is 0 Å². The van der Waals surface area contributed by atoms with Gasteiger partial charge in [-0.15, -0.1) is 0 Å². The highest BCUT2D eigenvalue weighted by Gasteiger charge is 2.16. The molecule has 1 unspecified atom stereocenters. The van der Waals surface area contributed by atoms with Crippen LogP contribution in [0, 0.1) is 0 Å². The molecule has 0 spiro atoms. The predicted molar refractivity (Wildman–Crippen MR) is 69.5 cm³/mol. The summed E-state index contributed by atoms with van der Waals surface area (Å²) in [6, 6.07) is -0.389. The summed E-state index contributed by atoms with van der Waals surface area (Å²) in [4.78, 5) is 23.0. The third kappa shape index (κ3) is 3.98. The minimum atomic E-state index is -0.389. The topological polar surface area (TPSA) is 64.0 Å². The van der Waals surface area contributed by atoms with Gasteiger partial charge >= 0.3 is 0 Å². The first-order chi connectivity index (χ1) is 8.56. The number of carbonyl (C=O) groups excluding carboxylic acids is 2. The van der Waals surface area contributed by atoms with Crippen LogP contribution in [0.3, 0.4) is 0 Å². The number of aromatic nitrogens is 2. The number of amides is 1. The summed E-state index contributed by atoms with van der Waals surface area (Å²) in [6.45, 7) is 6.07. The van der Waals surface area contributed by atoms with Gasteiger partial charge in [-0.3, -0.25) is 14.3 Å². The Hall–Kier alpha value is -1.65. The molecule has 1 heterocycles. The predicted octanol–water partition coefficient (Wildman–Crippen LogP) is 1.95. The van der Waals surface area contributed by atoms with Gasteiger partial charge in [0.05, 0.1) is 11.8 Å². The molecule has 0 aliphatic rings. The van der Waals surface area contributed by atoms with Crippen LogP contribution in [0.15, 0.2) is 12.4 Å². The molecule has 0 aliphatic heterocycles. The molecule has 1 rings (SSSR count). The molecule has 0 bridgehead atoms. The molecule has 100 valence electrons. The van der Waals surface area contributed by atoms with E-state index in [-0.39, 0.29) is 17.7 Å². The maximum atomic E-state index is 11.8. The van der Waals surface area contributed by atoms with E-state index in [9.17, 15) is 9.59 Å². The van der Waals surface area contributed by atoms with Crippen molar-refractivity contribution in [1.82, 2.24) is 15.1 Å². The zero-order valence-electron chi connectivity index (χ0n) is 11.3. The minimum absolute atomic E-state index is 0.0446.